The number of amides is 1. The van der Waals surface area contributed by atoms with Crippen LogP contribution in [0.5, 0.6) is 0 Å². The van der Waals surface area contributed by atoms with Gasteiger partial charge in [-0.15, -0.1) is 0 Å². The first kappa shape index (κ1) is 25.0. The number of hydrogen-bond donors (Lipinski definition) is 1. The standard InChI is InChI=1S/C29H41N3O/c1-5-32(6-2)20-12-13-23(3)30-29(33)21-25(19-18-24-14-8-7-9-15-24)27-22-31(4)28-17-11-10-16-26(27)28/h7-11,14-17,22-23,25H,5-6,12-13,18-21H2,1-4H3,(H,30,33)/t23-,25+/m1/s1. The molecule has 0 saturated carbocycles. The summed E-state index contributed by atoms with van der Waals surface area (Å²) in [7, 11) is 2.10. The highest BCUT2D eigenvalue weighted by Gasteiger charge is 2.21. The van der Waals surface area contributed by atoms with Gasteiger partial charge < -0.3 is 14.8 Å². The number of nitrogens with zero attached hydrogens (tertiary/aromatic N) is 2. The molecule has 1 heterocycles. The van der Waals surface area contributed by atoms with Gasteiger partial charge in [-0.3, -0.25) is 4.79 Å². The molecular formula is C29H41N3O. The summed E-state index contributed by atoms with van der Waals surface area (Å²) in [5.74, 6) is 0.357. The molecule has 2 atom stereocenters. The van der Waals surface area contributed by atoms with Crippen molar-refractivity contribution in [2.24, 2.45) is 7.05 Å². The van der Waals surface area contributed by atoms with Gasteiger partial charge in [-0.05, 0) is 75.4 Å². The lowest BCUT2D eigenvalue weighted by Gasteiger charge is -2.21. The number of carbonyl (C=O) groups excluding carboxylic acids is 1. The second kappa shape index (κ2) is 12.6. The lowest BCUT2D eigenvalue weighted by atomic mass is 9.89. The van der Waals surface area contributed by atoms with Gasteiger partial charge in [0.05, 0.1) is 0 Å². The van der Waals surface area contributed by atoms with Crippen LogP contribution in [0.3, 0.4) is 0 Å². The van der Waals surface area contributed by atoms with Gasteiger partial charge in [0.15, 0.2) is 0 Å². The SMILES string of the molecule is CCN(CC)CCC[C@@H](C)NC(=O)C[C@H](CCc1ccccc1)c1cn(C)c2ccccc12. The van der Waals surface area contributed by atoms with Crippen molar-refractivity contribution in [3.8, 4) is 0 Å². The molecular weight excluding hydrogens is 406 g/mol. The van der Waals surface area contributed by atoms with E-state index in [0.29, 0.717) is 6.42 Å². The van der Waals surface area contributed by atoms with Crippen LogP contribution in [-0.4, -0.2) is 41.1 Å². The van der Waals surface area contributed by atoms with Gasteiger partial charge in [0, 0.05) is 36.6 Å². The topological polar surface area (TPSA) is 37.3 Å². The molecule has 3 rings (SSSR count). The van der Waals surface area contributed by atoms with Crippen LogP contribution in [0.1, 0.15) is 63.5 Å². The molecule has 4 nitrogen and oxygen atoms in total. The molecule has 1 amide bonds. The molecule has 33 heavy (non-hydrogen) atoms. The lowest BCUT2D eigenvalue weighted by molar-refractivity contribution is -0.122. The average Bonchev–Trinajstić information content (AvgIpc) is 3.16. The van der Waals surface area contributed by atoms with E-state index in [1.54, 1.807) is 0 Å². The third-order valence-electron chi connectivity index (χ3n) is 6.84. The minimum atomic E-state index is 0.163. The number of para-hydroxylation sites is 1. The van der Waals surface area contributed by atoms with E-state index < -0.39 is 0 Å². The van der Waals surface area contributed by atoms with E-state index in [2.05, 4.69) is 103 Å². The molecule has 2 aromatic carbocycles. The van der Waals surface area contributed by atoms with Crippen LogP contribution in [0.15, 0.2) is 60.8 Å². The molecule has 0 bridgehead atoms. The quantitative estimate of drug-likeness (QED) is 0.354. The van der Waals surface area contributed by atoms with Crippen molar-refractivity contribution in [3.05, 3.63) is 71.9 Å². The third kappa shape index (κ3) is 7.20. The molecule has 4 heteroatoms. The van der Waals surface area contributed by atoms with Gasteiger partial charge in [-0.2, -0.15) is 0 Å². The number of fused-ring (bicyclic) bond motifs is 1. The van der Waals surface area contributed by atoms with Crippen molar-refractivity contribution >= 4 is 16.8 Å². The Balaban J connectivity index is 1.66. The van der Waals surface area contributed by atoms with E-state index in [0.717, 1.165) is 45.3 Å². The summed E-state index contributed by atoms with van der Waals surface area (Å²) in [4.78, 5) is 15.5. The molecule has 1 N–H and O–H groups in total. The van der Waals surface area contributed by atoms with E-state index in [4.69, 9.17) is 0 Å². The molecule has 0 unspecified atom stereocenters. The van der Waals surface area contributed by atoms with Gasteiger partial charge in [-0.1, -0.05) is 62.4 Å². The van der Waals surface area contributed by atoms with Crippen LogP contribution >= 0.6 is 0 Å². The zero-order valence-electron chi connectivity index (χ0n) is 20.9. The Bertz CT molecular complexity index is 991. The van der Waals surface area contributed by atoms with Gasteiger partial charge >= 0.3 is 0 Å². The Morgan fingerprint density at radius 2 is 1.70 bits per heavy atom. The Labute approximate surface area is 200 Å². The number of hydrogen-bond acceptors (Lipinski definition) is 2. The summed E-state index contributed by atoms with van der Waals surface area (Å²) < 4.78 is 2.19. The van der Waals surface area contributed by atoms with Crippen LogP contribution < -0.4 is 5.32 Å². The second-order valence-corrected chi connectivity index (χ2v) is 9.28. The first-order valence-electron chi connectivity index (χ1n) is 12.6. The van der Waals surface area contributed by atoms with Crippen LogP contribution in [0.25, 0.3) is 10.9 Å². The Morgan fingerprint density at radius 1 is 1.00 bits per heavy atom. The van der Waals surface area contributed by atoms with Crippen molar-refractivity contribution in [3.63, 3.8) is 0 Å². The van der Waals surface area contributed by atoms with Crippen molar-refractivity contribution in [2.45, 2.75) is 64.8 Å². The number of aryl methyl sites for hydroxylation is 2. The zero-order chi connectivity index (χ0) is 23.6. The number of nitrogens with one attached hydrogen (secondary N) is 1. The molecule has 0 aliphatic rings. The summed E-state index contributed by atoms with van der Waals surface area (Å²) in [6.45, 7) is 9.83. The monoisotopic (exact) mass is 447 g/mol. The molecule has 3 aromatic rings. The van der Waals surface area contributed by atoms with Crippen LogP contribution in [0.2, 0.25) is 0 Å². The van der Waals surface area contributed by atoms with Crippen LogP contribution in [-0.2, 0) is 18.3 Å². The summed E-state index contributed by atoms with van der Waals surface area (Å²) in [6, 6.07) is 19.3. The van der Waals surface area contributed by atoms with Gasteiger partial charge in [0.2, 0.25) is 5.91 Å². The summed E-state index contributed by atoms with van der Waals surface area (Å²) >= 11 is 0. The van der Waals surface area contributed by atoms with Gasteiger partial charge in [0.1, 0.15) is 0 Å². The van der Waals surface area contributed by atoms with Crippen molar-refractivity contribution in [1.82, 2.24) is 14.8 Å². The third-order valence-corrected chi connectivity index (χ3v) is 6.84. The predicted octanol–water partition coefficient (Wildman–Crippen LogP) is 5.91. The van der Waals surface area contributed by atoms with Crippen molar-refractivity contribution in [2.75, 3.05) is 19.6 Å². The fourth-order valence-electron chi connectivity index (χ4n) is 4.84. The minimum absolute atomic E-state index is 0.163. The van der Waals surface area contributed by atoms with Gasteiger partial charge in [-0.25, -0.2) is 0 Å². The molecule has 0 radical (unpaired) electrons. The summed E-state index contributed by atoms with van der Waals surface area (Å²) in [5, 5.41) is 4.54. The molecule has 0 spiro atoms. The van der Waals surface area contributed by atoms with E-state index in [9.17, 15) is 4.79 Å². The normalized spacial score (nSPS) is 13.4. The highest BCUT2D eigenvalue weighted by Crippen LogP contribution is 2.32. The first-order valence-corrected chi connectivity index (χ1v) is 12.6. The Hall–Kier alpha value is -2.59. The fourth-order valence-corrected chi connectivity index (χ4v) is 4.84. The maximum atomic E-state index is 13.1. The smallest absolute Gasteiger partial charge is 0.220 e. The number of rotatable bonds is 13. The molecule has 0 saturated heterocycles. The first-order chi connectivity index (χ1) is 16.0. The average molecular weight is 448 g/mol. The highest BCUT2D eigenvalue weighted by molar-refractivity contribution is 5.85. The van der Waals surface area contributed by atoms with E-state index in [-0.39, 0.29) is 17.9 Å². The maximum absolute atomic E-state index is 13.1. The van der Waals surface area contributed by atoms with Gasteiger partial charge in [0.25, 0.3) is 0 Å². The Morgan fingerprint density at radius 3 is 2.42 bits per heavy atom. The molecule has 0 aliphatic carbocycles. The lowest BCUT2D eigenvalue weighted by Crippen LogP contribution is -2.34. The number of benzene rings is 2. The fraction of sp³-hybridized carbons (Fsp3) is 0.483. The largest absolute Gasteiger partial charge is 0.354 e. The molecule has 178 valence electrons. The Kier molecular flexibility index (Phi) is 9.56. The van der Waals surface area contributed by atoms with Crippen LogP contribution in [0, 0.1) is 0 Å². The van der Waals surface area contributed by atoms with Crippen molar-refractivity contribution in [1.29, 1.82) is 0 Å². The molecule has 1 aromatic heterocycles. The minimum Gasteiger partial charge on any atom is -0.354 e. The zero-order valence-corrected chi connectivity index (χ0v) is 20.9. The van der Waals surface area contributed by atoms with E-state index >= 15 is 0 Å². The number of aromatic nitrogens is 1. The maximum Gasteiger partial charge on any atom is 0.220 e. The highest BCUT2D eigenvalue weighted by atomic mass is 16.1. The predicted molar refractivity (Wildman–Crippen MR) is 140 cm³/mol. The van der Waals surface area contributed by atoms with E-state index in [1.165, 1.54) is 22.0 Å². The number of carbonyl (C=O) groups is 1. The summed E-state index contributed by atoms with van der Waals surface area (Å²) in [5.41, 5.74) is 3.84. The van der Waals surface area contributed by atoms with Crippen LogP contribution in [0.4, 0.5) is 0 Å². The molecule has 0 fully saturated rings. The molecule has 0 aliphatic heterocycles. The van der Waals surface area contributed by atoms with Crippen molar-refractivity contribution < 1.29 is 4.79 Å². The summed E-state index contributed by atoms with van der Waals surface area (Å²) in [6.07, 6.45) is 6.82. The van der Waals surface area contributed by atoms with E-state index in [1.807, 2.05) is 0 Å². The second-order valence-electron chi connectivity index (χ2n) is 9.28.